The van der Waals surface area contributed by atoms with Crippen LogP contribution in [0.4, 0.5) is 5.69 Å². The lowest BCUT2D eigenvalue weighted by Gasteiger charge is -2.20. The maximum atomic E-state index is 12.5. The Labute approximate surface area is 174 Å². The van der Waals surface area contributed by atoms with E-state index in [1.165, 1.54) is 0 Å². The van der Waals surface area contributed by atoms with Gasteiger partial charge in [0.25, 0.3) is 0 Å². The maximum Gasteiger partial charge on any atom is 0.311 e. The van der Waals surface area contributed by atoms with Gasteiger partial charge in [0.1, 0.15) is 13.2 Å². The summed E-state index contributed by atoms with van der Waals surface area (Å²) < 4.78 is 16.2. The van der Waals surface area contributed by atoms with Crippen LogP contribution in [0.3, 0.4) is 0 Å². The van der Waals surface area contributed by atoms with Crippen LogP contribution >= 0.6 is 0 Å². The van der Waals surface area contributed by atoms with E-state index in [0.29, 0.717) is 30.3 Å². The van der Waals surface area contributed by atoms with Crippen molar-refractivity contribution in [3.63, 3.8) is 0 Å². The summed E-state index contributed by atoms with van der Waals surface area (Å²) in [4.78, 5) is 39.0. The average molecular weight is 409 g/mol. The van der Waals surface area contributed by atoms with Gasteiger partial charge in [-0.2, -0.15) is 0 Å². The first-order chi connectivity index (χ1) is 14.6. The molecule has 7 heteroatoms. The number of hydrogen-bond donors (Lipinski definition) is 0. The number of Topliss-reactive ketones (excluding diaryl/α,β-unsaturated/α-hetero) is 1. The summed E-state index contributed by atoms with van der Waals surface area (Å²) in [7, 11) is 0. The quantitative estimate of drug-likeness (QED) is 0.539. The third-order valence-electron chi connectivity index (χ3n) is 5.33. The summed E-state index contributed by atoms with van der Waals surface area (Å²) in [6.07, 6.45) is 0.869. The molecule has 4 rings (SSSR count). The second-order valence-corrected chi connectivity index (χ2v) is 7.28. The summed E-state index contributed by atoms with van der Waals surface area (Å²) >= 11 is 0. The Bertz CT molecular complexity index is 985. The number of carbonyl (C=O) groups is 3. The first-order valence-electron chi connectivity index (χ1n) is 10.0. The van der Waals surface area contributed by atoms with Gasteiger partial charge in [-0.25, -0.2) is 0 Å². The standard InChI is InChI=1S/C23H23NO6/c1-2-15-5-3-4-6-18(15)24-13-17(12-22(24)26)23(27)30-14-19(25)16-7-8-20-21(11-16)29-10-9-28-20/h3-8,11,17H,2,9-10,12-14H2,1H3/t17-/m1/s1. The highest BCUT2D eigenvalue weighted by Gasteiger charge is 2.37. The van der Waals surface area contributed by atoms with Crippen molar-refractivity contribution < 1.29 is 28.6 Å². The minimum absolute atomic E-state index is 0.0785. The molecule has 156 valence electrons. The van der Waals surface area contributed by atoms with Crippen molar-refractivity contribution in [2.24, 2.45) is 5.92 Å². The maximum absolute atomic E-state index is 12.5. The lowest BCUT2D eigenvalue weighted by molar-refractivity contribution is -0.147. The zero-order chi connectivity index (χ0) is 21.1. The van der Waals surface area contributed by atoms with Gasteiger partial charge in [-0.1, -0.05) is 25.1 Å². The van der Waals surface area contributed by atoms with Crippen LogP contribution in [0.2, 0.25) is 0 Å². The monoisotopic (exact) mass is 409 g/mol. The van der Waals surface area contributed by atoms with Gasteiger partial charge >= 0.3 is 5.97 Å². The molecule has 0 unspecified atom stereocenters. The van der Waals surface area contributed by atoms with Crippen LogP contribution in [0, 0.1) is 5.92 Å². The van der Waals surface area contributed by atoms with E-state index in [2.05, 4.69) is 0 Å². The van der Waals surface area contributed by atoms with E-state index in [0.717, 1.165) is 17.7 Å². The van der Waals surface area contributed by atoms with Crippen LogP contribution in [0.25, 0.3) is 0 Å². The number of aryl methyl sites for hydroxylation is 1. The molecule has 0 aliphatic carbocycles. The molecule has 2 aromatic carbocycles. The van der Waals surface area contributed by atoms with Gasteiger partial charge in [0.15, 0.2) is 23.9 Å². The molecular weight excluding hydrogens is 386 g/mol. The van der Waals surface area contributed by atoms with Crippen molar-refractivity contribution in [1.29, 1.82) is 0 Å². The van der Waals surface area contributed by atoms with Gasteiger partial charge in [0, 0.05) is 24.2 Å². The van der Waals surface area contributed by atoms with Gasteiger partial charge in [0.2, 0.25) is 5.91 Å². The summed E-state index contributed by atoms with van der Waals surface area (Å²) in [6, 6.07) is 12.5. The second-order valence-electron chi connectivity index (χ2n) is 7.28. The van der Waals surface area contributed by atoms with Crippen LogP contribution in [-0.4, -0.2) is 44.0 Å². The smallest absolute Gasteiger partial charge is 0.311 e. The third-order valence-corrected chi connectivity index (χ3v) is 5.33. The fraction of sp³-hybridized carbons (Fsp3) is 0.348. The van der Waals surface area contributed by atoms with Crippen LogP contribution < -0.4 is 14.4 Å². The van der Waals surface area contributed by atoms with E-state index in [-0.39, 0.29) is 31.3 Å². The first kappa shape index (κ1) is 19.9. The zero-order valence-corrected chi connectivity index (χ0v) is 16.8. The van der Waals surface area contributed by atoms with Crippen molar-refractivity contribution in [2.45, 2.75) is 19.8 Å². The van der Waals surface area contributed by atoms with Crippen molar-refractivity contribution >= 4 is 23.3 Å². The molecule has 2 aliphatic heterocycles. The van der Waals surface area contributed by atoms with E-state index >= 15 is 0 Å². The summed E-state index contributed by atoms with van der Waals surface area (Å²) in [5.41, 5.74) is 2.26. The number of hydrogen-bond acceptors (Lipinski definition) is 6. The number of esters is 1. The number of benzene rings is 2. The number of ether oxygens (including phenoxy) is 3. The van der Waals surface area contributed by atoms with Gasteiger partial charge in [-0.3, -0.25) is 14.4 Å². The molecule has 0 saturated carbocycles. The molecule has 0 spiro atoms. The van der Waals surface area contributed by atoms with Crippen molar-refractivity contribution in [2.75, 3.05) is 31.3 Å². The normalized spacial score (nSPS) is 17.7. The van der Waals surface area contributed by atoms with Gasteiger partial charge in [-0.05, 0) is 36.2 Å². The lowest BCUT2D eigenvalue weighted by Crippen LogP contribution is -2.28. The minimum Gasteiger partial charge on any atom is -0.486 e. The highest BCUT2D eigenvalue weighted by Crippen LogP contribution is 2.31. The van der Waals surface area contributed by atoms with Crippen molar-refractivity contribution in [3.8, 4) is 11.5 Å². The Morgan fingerprint density at radius 1 is 1.10 bits per heavy atom. The minimum atomic E-state index is -0.588. The molecule has 1 atom stereocenters. The van der Waals surface area contributed by atoms with E-state index in [1.807, 2.05) is 31.2 Å². The number of carbonyl (C=O) groups excluding carboxylic acids is 3. The molecule has 2 aromatic rings. The second kappa shape index (κ2) is 8.57. The van der Waals surface area contributed by atoms with Gasteiger partial charge < -0.3 is 19.1 Å². The van der Waals surface area contributed by atoms with E-state index in [4.69, 9.17) is 14.2 Å². The molecule has 30 heavy (non-hydrogen) atoms. The van der Waals surface area contributed by atoms with E-state index in [1.54, 1.807) is 23.1 Å². The molecule has 7 nitrogen and oxygen atoms in total. The Kier molecular flexibility index (Phi) is 5.70. The number of nitrogens with zero attached hydrogens (tertiary/aromatic N) is 1. The zero-order valence-electron chi connectivity index (χ0n) is 16.8. The number of rotatable bonds is 6. The molecule has 2 aliphatic rings. The number of para-hydroxylation sites is 1. The number of anilines is 1. The van der Waals surface area contributed by atoms with Crippen LogP contribution in [0.15, 0.2) is 42.5 Å². The fourth-order valence-electron chi connectivity index (χ4n) is 3.73. The highest BCUT2D eigenvalue weighted by molar-refractivity contribution is 6.01. The Morgan fingerprint density at radius 2 is 1.87 bits per heavy atom. The predicted octanol–water partition coefficient (Wildman–Crippen LogP) is 2.80. The molecule has 0 radical (unpaired) electrons. The number of ketones is 1. The van der Waals surface area contributed by atoms with Crippen LogP contribution in [-0.2, 0) is 20.7 Å². The molecular formula is C23H23NO6. The number of fused-ring (bicyclic) bond motifs is 1. The summed E-state index contributed by atoms with van der Waals surface area (Å²) in [5.74, 6) is -0.480. The Hall–Kier alpha value is -3.35. The molecule has 1 saturated heterocycles. The fourth-order valence-corrected chi connectivity index (χ4v) is 3.73. The molecule has 0 N–H and O–H groups in total. The van der Waals surface area contributed by atoms with Crippen molar-refractivity contribution in [1.82, 2.24) is 0 Å². The van der Waals surface area contributed by atoms with E-state index in [9.17, 15) is 14.4 Å². The molecule has 0 bridgehead atoms. The highest BCUT2D eigenvalue weighted by atomic mass is 16.6. The third kappa shape index (κ3) is 4.01. The Morgan fingerprint density at radius 3 is 2.67 bits per heavy atom. The molecule has 1 fully saturated rings. The SMILES string of the molecule is CCc1ccccc1N1C[C@H](C(=O)OCC(=O)c2ccc3c(c2)OCCO3)CC1=O. The van der Waals surface area contributed by atoms with Crippen LogP contribution in [0.1, 0.15) is 29.3 Å². The van der Waals surface area contributed by atoms with Gasteiger partial charge in [-0.15, -0.1) is 0 Å². The van der Waals surface area contributed by atoms with Crippen molar-refractivity contribution in [3.05, 3.63) is 53.6 Å². The topological polar surface area (TPSA) is 82.1 Å². The first-order valence-corrected chi connectivity index (χ1v) is 10.0. The van der Waals surface area contributed by atoms with E-state index < -0.39 is 11.9 Å². The number of amides is 1. The molecule has 1 amide bonds. The van der Waals surface area contributed by atoms with Gasteiger partial charge in [0.05, 0.1) is 5.92 Å². The molecule has 2 heterocycles. The lowest BCUT2D eigenvalue weighted by atomic mass is 10.1. The summed E-state index contributed by atoms with van der Waals surface area (Å²) in [6.45, 7) is 2.79. The predicted molar refractivity (Wildman–Crippen MR) is 109 cm³/mol. The molecule has 0 aromatic heterocycles. The van der Waals surface area contributed by atoms with Crippen LogP contribution in [0.5, 0.6) is 11.5 Å². The summed E-state index contributed by atoms with van der Waals surface area (Å²) in [5, 5.41) is 0. The average Bonchev–Trinajstić information content (AvgIpc) is 3.18. The largest absolute Gasteiger partial charge is 0.486 e. The Balaban J connectivity index is 1.36.